The van der Waals surface area contributed by atoms with Gasteiger partial charge in [0.2, 0.25) is 5.91 Å². The summed E-state index contributed by atoms with van der Waals surface area (Å²) in [5.41, 5.74) is 1.75. The van der Waals surface area contributed by atoms with E-state index >= 15 is 0 Å². The monoisotopic (exact) mass is 398 g/mol. The number of nitrogens with zero attached hydrogens (tertiary/aromatic N) is 1. The van der Waals surface area contributed by atoms with Gasteiger partial charge in [-0.3, -0.25) is 4.79 Å². The summed E-state index contributed by atoms with van der Waals surface area (Å²) in [4.78, 5) is 15.8. The number of amides is 1. The van der Waals surface area contributed by atoms with Gasteiger partial charge in [0, 0.05) is 30.8 Å². The Bertz CT molecular complexity index is 808. The number of anilines is 1. The Morgan fingerprint density at radius 1 is 1.03 bits per heavy atom. The minimum Gasteiger partial charge on any atom is -0.494 e. The predicted octanol–water partition coefficient (Wildman–Crippen LogP) is 3.18. The van der Waals surface area contributed by atoms with Crippen LogP contribution < -0.4 is 25.4 Å². The highest BCUT2D eigenvalue weighted by molar-refractivity contribution is 5.88. The second-order valence-electron chi connectivity index (χ2n) is 6.22. The number of benzene rings is 2. The molecule has 0 unspecified atom stereocenters. The SMILES string of the molecule is CCNC(=NCc1ccccc1OCC)NCCOc1cccc(NC(C)=O)c1. The van der Waals surface area contributed by atoms with E-state index in [1.165, 1.54) is 6.92 Å². The summed E-state index contributed by atoms with van der Waals surface area (Å²) in [6.07, 6.45) is 0. The molecule has 0 atom stereocenters. The molecule has 0 aliphatic carbocycles. The van der Waals surface area contributed by atoms with Crippen molar-refractivity contribution in [2.75, 3.05) is 31.6 Å². The van der Waals surface area contributed by atoms with Crippen LogP contribution in [0.3, 0.4) is 0 Å². The lowest BCUT2D eigenvalue weighted by atomic mass is 10.2. The highest BCUT2D eigenvalue weighted by Crippen LogP contribution is 2.19. The van der Waals surface area contributed by atoms with Crippen LogP contribution in [0.2, 0.25) is 0 Å². The van der Waals surface area contributed by atoms with Crippen molar-refractivity contribution < 1.29 is 14.3 Å². The van der Waals surface area contributed by atoms with Crippen LogP contribution in [-0.4, -0.2) is 38.2 Å². The molecule has 29 heavy (non-hydrogen) atoms. The number of hydrogen-bond acceptors (Lipinski definition) is 4. The molecular weight excluding hydrogens is 368 g/mol. The summed E-state index contributed by atoms with van der Waals surface area (Å²) in [6, 6.07) is 15.2. The molecule has 2 rings (SSSR count). The summed E-state index contributed by atoms with van der Waals surface area (Å²) in [5, 5.41) is 9.23. The molecule has 0 aliphatic heterocycles. The number of hydrogen-bond donors (Lipinski definition) is 3. The summed E-state index contributed by atoms with van der Waals surface area (Å²) < 4.78 is 11.4. The molecule has 0 heterocycles. The van der Waals surface area contributed by atoms with Crippen LogP contribution in [0.1, 0.15) is 26.3 Å². The Morgan fingerprint density at radius 2 is 1.86 bits per heavy atom. The van der Waals surface area contributed by atoms with Gasteiger partial charge in [0.05, 0.1) is 19.7 Å². The summed E-state index contributed by atoms with van der Waals surface area (Å²) in [6.45, 7) is 8.43. The van der Waals surface area contributed by atoms with Crippen molar-refractivity contribution in [1.29, 1.82) is 0 Å². The van der Waals surface area contributed by atoms with Gasteiger partial charge in [-0.2, -0.15) is 0 Å². The maximum absolute atomic E-state index is 11.2. The number of carbonyl (C=O) groups excluding carboxylic acids is 1. The second-order valence-corrected chi connectivity index (χ2v) is 6.22. The fraction of sp³-hybridized carbons (Fsp3) is 0.364. The normalized spacial score (nSPS) is 10.9. The van der Waals surface area contributed by atoms with E-state index in [1.807, 2.05) is 56.3 Å². The van der Waals surface area contributed by atoms with Gasteiger partial charge in [0.15, 0.2) is 5.96 Å². The second kappa shape index (κ2) is 12.3. The first-order chi connectivity index (χ1) is 14.1. The minimum atomic E-state index is -0.110. The molecule has 2 aromatic rings. The topological polar surface area (TPSA) is 84.0 Å². The van der Waals surface area contributed by atoms with Gasteiger partial charge >= 0.3 is 0 Å². The van der Waals surface area contributed by atoms with E-state index in [0.29, 0.717) is 37.7 Å². The van der Waals surface area contributed by atoms with Gasteiger partial charge in [0.1, 0.15) is 18.1 Å². The summed E-state index contributed by atoms with van der Waals surface area (Å²) >= 11 is 0. The first-order valence-electron chi connectivity index (χ1n) is 9.85. The highest BCUT2D eigenvalue weighted by Gasteiger charge is 2.03. The zero-order valence-corrected chi connectivity index (χ0v) is 17.3. The van der Waals surface area contributed by atoms with Crippen molar-refractivity contribution in [3.8, 4) is 11.5 Å². The van der Waals surface area contributed by atoms with E-state index in [-0.39, 0.29) is 5.91 Å². The van der Waals surface area contributed by atoms with Crippen LogP contribution in [0.4, 0.5) is 5.69 Å². The quantitative estimate of drug-likeness (QED) is 0.325. The van der Waals surface area contributed by atoms with Gasteiger partial charge in [-0.25, -0.2) is 4.99 Å². The van der Waals surface area contributed by atoms with Crippen LogP contribution in [0.25, 0.3) is 0 Å². The molecule has 0 aliphatic rings. The van der Waals surface area contributed by atoms with Crippen LogP contribution >= 0.6 is 0 Å². The van der Waals surface area contributed by atoms with Crippen molar-refractivity contribution in [1.82, 2.24) is 10.6 Å². The number of nitrogens with one attached hydrogen (secondary N) is 3. The number of guanidine groups is 1. The molecule has 0 saturated heterocycles. The van der Waals surface area contributed by atoms with E-state index in [1.54, 1.807) is 6.07 Å². The lowest BCUT2D eigenvalue weighted by Crippen LogP contribution is -2.39. The van der Waals surface area contributed by atoms with Crippen LogP contribution in [0.15, 0.2) is 53.5 Å². The first-order valence-corrected chi connectivity index (χ1v) is 9.85. The van der Waals surface area contributed by atoms with Gasteiger partial charge < -0.3 is 25.4 Å². The van der Waals surface area contributed by atoms with E-state index < -0.39 is 0 Å². The zero-order valence-electron chi connectivity index (χ0n) is 17.3. The molecule has 0 fully saturated rings. The fourth-order valence-corrected chi connectivity index (χ4v) is 2.64. The molecule has 0 saturated carbocycles. The summed E-state index contributed by atoms with van der Waals surface area (Å²) in [7, 11) is 0. The maximum atomic E-state index is 11.2. The van der Waals surface area contributed by atoms with E-state index in [9.17, 15) is 4.79 Å². The molecule has 2 aromatic carbocycles. The Hall–Kier alpha value is -3.22. The van der Waals surface area contributed by atoms with E-state index in [2.05, 4.69) is 20.9 Å². The molecule has 0 bridgehead atoms. The van der Waals surface area contributed by atoms with Crippen molar-refractivity contribution >= 4 is 17.6 Å². The Morgan fingerprint density at radius 3 is 2.62 bits per heavy atom. The molecule has 1 amide bonds. The van der Waals surface area contributed by atoms with Gasteiger partial charge in [-0.1, -0.05) is 24.3 Å². The maximum Gasteiger partial charge on any atom is 0.221 e. The van der Waals surface area contributed by atoms with Gasteiger partial charge in [-0.05, 0) is 32.0 Å². The number of para-hydroxylation sites is 1. The standard InChI is InChI=1S/C22H30N4O3/c1-4-23-22(25-16-18-9-6-7-12-21(18)28-5-2)24-13-14-29-20-11-8-10-19(15-20)26-17(3)27/h6-12,15H,4-5,13-14,16H2,1-3H3,(H,26,27)(H2,23,24,25). The Kier molecular flexibility index (Phi) is 9.35. The third kappa shape index (κ3) is 8.13. The largest absolute Gasteiger partial charge is 0.494 e. The number of ether oxygens (including phenoxy) is 2. The van der Waals surface area contributed by atoms with Crippen LogP contribution in [0.5, 0.6) is 11.5 Å². The van der Waals surface area contributed by atoms with Crippen molar-refractivity contribution in [2.24, 2.45) is 4.99 Å². The summed E-state index contributed by atoms with van der Waals surface area (Å²) in [5.74, 6) is 2.17. The molecule has 0 radical (unpaired) electrons. The average Bonchev–Trinajstić information content (AvgIpc) is 2.70. The smallest absolute Gasteiger partial charge is 0.221 e. The minimum absolute atomic E-state index is 0.110. The Labute approximate surface area is 172 Å². The third-order valence-corrected chi connectivity index (χ3v) is 3.84. The van der Waals surface area contributed by atoms with Gasteiger partial charge in [0.25, 0.3) is 0 Å². The van der Waals surface area contributed by atoms with Crippen LogP contribution in [-0.2, 0) is 11.3 Å². The zero-order chi connectivity index (χ0) is 20.9. The van der Waals surface area contributed by atoms with Crippen molar-refractivity contribution in [2.45, 2.75) is 27.3 Å². The lowest BCUT2D eigenvalue weighted by Gasteiger charge is -2.13. The molecule has 7 heteroatoms. The third-order valence-electron chi connectivity index (χ3n) is 3.84. The molecule has 156 valence electrons. The predicted molar refractivity (Wildman–Crippen MR) is 117 cm³/mol. The first kappa shape index (κ1) is 22.1. The number of aliphatic imine (C=N–C) groups is 1. The van der Waals surface area contributed by atoms with Crippen LogP contribution in [0, 0.1) is 0 Å². The molecule has 0 aromatic heterocycles. The fourth-order valence-electron chi connectivity index (χ4n) is 2.64. The van der Waals surface area contributed by atoms with E-state index in [0.717, 1.165) is 23.8 Å². The molecule has 0 spiro atoms. The highest BCUT2D eigenvalue weighted by atomic mass is 16.5. The van der Waals surface area contributed by atoms with Crippen molar-refractivity contribution in [3.63, 3.8) is 0 Å². The lowest BCUT2D eigenvalue weighted by molar-refractivity contribution is -0.114. The molecule has 3 N–H and O–H groups in total. The number of carbonyl (C=O) groups is 1. The Balaban J connectivity index is 1.86. The average molecular weight is 399 g/mol. The van der Waals surface area contributed by atoms with Gasteiger partial charge in [-0.15, -0.1) is 0 Å². The molecular formula is C22H30N4O3. The van der Waals surface area contributed by atoms with Crippen molar-refractivity contribution in [3.05, 3.63) is 54.1 Å². The molecule has 7 nitrogen and oxygen atoms in total. The van der Waals surface area contributed by atoms with E-state index in [4.69, 9.17) is 9.47 Å². The number of rotatable bonds is 10.